The number of halogens is 1. The molecule has 1 saturated carbocycles. The molecule has 4 nitrogen and oxygen atoms in total. The average Bonchev–Trinajstić information content (AvgIpc) is 3.16. The molecule has 1 aliphatic heterocycles. The first-order chi connectivity index (χ1) is 9.08. The highest BCUT2D eigenvalue weighted by Crippen LogP contribution is 2.34. The summed E-state index contributed by atoms with van der Waals surface area (Å²) in [6.45, 7) is 2.17. The van der Waals surface area contributed by atoms with Crippen molar-refractivity contribution in [3.05, 3.63) is 34.3 Å². The van der Waals surface area contributed by atoms with E-state index in [1.54, 1.807) is 4.90 Å². The number of carbonyl (C=O) groups excluding carboxylic acids is 2. The molecule has 3 rings (SSSR count). The minimum atomic E-state index is -0.313. The van der Waals surface area contributed by atoms with Crippen LogP contribution in [0.2, 0.25) is 0 Å². The third kappa shape index (κ3) is 2.27. The summed E-state index contributed by atoms with van der Waals surface area (Å²) < 4.78 is 0.955. The van der Waals surface area contributed by atoms with Crippen LogP contribution in [0.3, 0.4) is 0 Å². The van der Waals surface area contributed by atoms with Crippen LogP contribution in [0, 0.1) is 0 Å². The Balaban J connectivity index is 1.81. The van der Waals surface area contributed by atoms with Crippen molar-refractivity contribution in [1.82, 2.24) is 9.80 Å². The van der Waals surface area contributed by atoms with Crippen LogP contribution in [0.1, 0.15) is 25.3 Å². The minimum absolute atomic E-state index is 0.0862. The average molecular weight is 323 g/mol. The highest BCUT2D eigenvalue weighted by Gasteiger charge is 2.48. The Morgan fingerprint density at radius 3 is 2.68 bits per heavy atom. The highest BCUT2D eigenvalue weighted by atomic mass is 79.9. The van der Waals surface area contributed by atoms with Crippen LogP contribution in [-0.2, 0) is 11.3 Å². The van der Waals surface area contributed by atoms with E-state index in [-0.39, 0.29) is 24.0 Å². The maximum absolute atomic E-state index is 12.3. The summed E-state index contributed by atoms with van der Waals surface area (Å²) in [7, 11) is 0. The standard InChI is InChI=1S/C14H15BrN2O2/c1-9-13(18)16(14(19)17(9)12-5-6-12)8-10-3-2-4-11(15)7-10/h2-4,7,9,12H,5-6,8H2,1H3. The van der Waals surface area contributed by atoms with Crippen molar-refractivity contribution in [2.45, 2.75) is 38.4 Å². The zero-order chi connectivity index (χ0) is 13.6. The van der Waals surface area contributed by atoms with Crippen molar-refractivity contribution >= 4 is 27.9 Å². The van der Waals surface area contributed by atoms with E-state index in [9.17, 15) is 9.59 Å². The van der Waals surface area contributed by atoms with E-state index < -0.39 is 0 Å². The molecule has 1 saturated heterocycles. The van der Waals surface area contributed by atoms with E-state index in [4.69, 9.17) is 0 Å². The van der Waals surface area contributed by atoms with Crippen molar-refractivity contribution in [3.63, 3.8) is 0 Å². The third-order valence-electron chi connectivity index (χ3n) is 3.66. The molecule has 1 unspecified atom stereocenters. The first-order valence-corrected chi connectivity index (χ1v) is 7.25. The summed E-state index contributed by atoms with van der Waals surface area (Å²) in [5.41, 5.74) is 0.959. The molecule has 1 aromatic rings. The van der Waals surface area contributed by atoms with Gasteiger partial charge in [0.1, 0.15) is 6.04 Å². The molecule has 3 amide bonds. The smallest absolute Gasteiger partial charge is 0.310 e. The summed E-state index contributed by atoms with van der Waals surface area (Å²) in [4.78, 5) is 27.6. The Bertz CT molecular complexity index is 542. The van der Waals surface area contributed by atoms with E-state index in [0.29, 0.717) is 6.54 Å². The molecule has 0 aromatic heterocycles. The van der Waals surface area contributed by atoms with Gasteiger partial charge >= 0.3 is 6.03 Å². The van der Waals surface area contributed by atoms with E-state index in [1.165, 1.54) is 4.90 Å². The second-order valence-corrected chi connectivity index (χ2v) is 6.07. The number of rotatable bonds is 3. The summed E-state index contributed by atoms with van der Waals surface area (Å²) in [6, 6.07) is 7.52. The number of hydrogen-bond donors (Lipinski definition) is 0. The number of nitrogens with zero attached hydrogens (tertiary/aromatic N) is 2. The predicted octanol–water partition coefficient (Wildman–Crippen LogP) is 2.76. The molecule has 100 valence electrons. The van der Waals surface area contributed by atoms with Gasteiger partial charge in [-0.3, -0.25) is 9.69 Å². The Morgan fingerprint density at radius 2 is 2.05 bits per heavy atom. The molecule has 1 atom stereocenters. The lowest BCUT2D eigenvalue weighted by Crippen LogP contribution is -2.35. The van der Waals surface area contributed by atoms with Crippen LogP contribution in [0.15, 0.2) is 28.7 Å². The van der Waals surface area contributed by atoms with Gasteiger partial charge in [-0.2, -0.15) is 0 Å². The van der Waals surface area contributed by atoms with Gasteiger partial charge < -0.3 is 4.90 Å². The van der Waals surface area contributed by atoms with Gasteiger partial charge in [0.05, 0.1) is 6.54 Å². The summed E-state index contributed by atoms with van der Waals surface area (Å²) in [6.07, 6.45) is 2.04. The van der Waals surface area contributed by atoms with Crippen LogP contribution in [0.5, 0.6) is 0 Å². The monoisotopic (exact) mass is 322 g/mol. The van der Waals surface area contributed by atoms with E-state index >= 15 is 0 Å². The van der Waals surface area contributed by atoms with Gasteiger partial charge in [-0.1, -0.05) is 28.1 Å². The lowest BCUT2D eigenvalue weighted by Gasteiger charge is -2.18. The van der Waals surface area contributed by atoms with Crippen molar-refractivity contribution in [3.8, 4) is 0 Å². The number of urea groups is 1. The van der Waals surface area contributed by atoms with E-state index in [1.807, 2.05) is 31.2 Å². The number of hydrogen-bond acceptors (Lipinski definition) is 2. The second kappa shape index (κ2) is 4.63. The Morgan fingerprint density at radius 1 is 1.32 bits per heavy atom. The minimum Gasteiger partial charge on any atom is -0.310 e. The van der Waals surface area contributed by atoms with Crippen LogP contribution >= 0.6 is 15.9 Å². The van der Waals surface area contributed by atoms with Crippen LogP contribution in [-0.4, -0.2) is 33.8 Å². The Kier molecular flexibility index (Phi) is 3.09. The van der Waals surface area contributed by atoms with Gasteiger partial charge in [0, 0.05) is 10.5 Å². The Hall–Kier alpha value is -1.36. The summed E-state index contributed by atoms with van der Waals surface area (Å²) in [5.74, 6) is -0.0862. The maximum Gasteiger partial charge on any atom is 0.328 e. The number of carbonyl (C=O) groups is 2. The van der Waals surface area contributed by atoms with Gasteiger partial charge in [0.25, 0.3) is 5.91 Å². The molecule has 2 fully saturated rings. The molecule has 0 spiro atoms. The molecule has 2 aliphatic rings. The fourth-order valence-corrected chi connectivity index (χ4v) is 2.98. The largest absolute Gasteiger partial charge is 0.328 e. The van der Waals surface area contributed by atoms with Gasteiger partial charge in [-0.05, 0) is 37.5 Å². The zero-order valence-corrected chi connectivity index (χ0v) is 12.3. The van der Waals surface area contributed by atoms with E-state index in [0.717, 1.165) is 22.9 Å². The van der Waals surface area contributed by atoms with Gasteiger partial charge in [0.2, 0.25) is 0 Å². The number of amides is 3. The van der Waals surface area contributed by atoms with E-state index in [2.05, 4.69) is 15.9 Å². The molecule has 19 heavy (non-hydrogen) atoms. The molecule has 1 aromatic carbocycles. The lowest BCUT2D eigenvalue weighted by molar-refractivity contribution is -0.128. The molecular weight excluding hydrogens is 308 g/mol. The number of imide groups is 1. The molecule has 0 radical (unpaired) electrons. The first kappa shape index (κ1) is 12.7. The van der Waals surface area contributed by atoms with Crippen LogP contribution in [0.25, 0.3) is 0 Å². The molecule has 0 N–H and O–H groups in total. The molecule has 0 bridgehead atoms. The summed E-state index contributed by atoms with van der Waals surface area (Å²) in [5, 5.41) is 0. The predicted molar refractivity (Wildman–Crippen MR) is 74.4 cm³/mol. The van der Waals surface area contributed by atoms with Gasteiger partial charge in [-0.25, -0.2) is 4.79 Å². The maximum atomic E-state index is 12.3. The molecule has 5 heteroatoms. The van der Waals surface area contributed by atoms with Gasteiger partial charge in [-0.15, -0.1) is 0 Å². The fourth-order valence-electron chi connectivity index (χ4n) is 2.53. The second-order valence-electron chi connectivity index (χ2n) is 5.15. The SMILES string of the molecule is CC1C(=O)N(Cc2cccc(Br)c2)C(=O)N1C1CC1. The van der Waals surface area contributed by atoms with Gasteiger partial charge in [0.15, 0.2) is 0 Å². The van der Waals surface area contributed by atoms with Crippen molar-refractivity contribution in [2.24, 2.45) is 0 Å². The molecule has 1 aliphatic carbocycles. The quantitative estimate of drug-likeness (QED) is 0.803. The Labute approximate surface area is 120 Å². The van der Waals surface area contributed by atoms with Crippen molar-refractivity contribution in [2.75, 3.05) is 0 Å². The fraction of sp³-hybridized carbons (Fsp3) is 0.429. The molecular formula is C14H15BrN2O2. The zero-order valence-electron chi connectivity index (χ0n) is 10.7. The van der Waals surface area contributed by atoms with Crippen molar-refractivity contribution < 1.29 is 9.59 Å². The molecule has 1 heterocycles. The number of benzene rings is 1. The third-order valence-corrected chi connectivity index (χ3v) is 4.16. The summed E-state index contributed by atoms with van der Waals surface area (Å²) >= 11 is 3.40. The van der Waals surface area contributed by atoms with Crippen LogP contribution < -0.4 is 0 Å². The van der Waals surface area contributed by atoms with Crippen molar-refractivity contribution in [1.29, 1.82) is 0 Å². The first-order valence-electron chi connectivity index (χ1n) is 6.46. The highest BCUT2D eigenvalue weighted by molar-refractivity contribution is 9.10. The topological polar surface area (TPSA) is 40.6 Å². The normalized spacial score (nSPS) is 23.4. The van der Waals surface area contributed by atoms with Crippen LogP contribution in [0.4, 0.5) is 4.79 Å². The lowest BCUT2D eigenvalue weighted by atomic mass is 10.2.